The highest BCUT2D eigenvalue weighted by molar-refractivity contribution is 5.23. The van der Waals surface area contributed by atoms with Crippen molar-refractivity contribution in [3.63, 3.8) is 0 Å². The van der Waals surface area contributed by atoms with Crippen molar-refractivity contribution in [2.24, 2.45) is 5.41 Å². The second-order valence-corrected chi connectivity index (χ2v) is 3.71. The monoisotopic (exact) mass is 193 g/mol. The summed E-state index contributed by atoms with van der Waals surface area (Å²) in [7, 11) is 0. The number of hydrogen-bond donors (Lipinski definition) is 0. The first kappa shape index (κ1) is 10.5. The molecule has 0 aliphatic rings. The molecule has 0 atom stereocenters. The zero-order valence-corrected chi connectivity index (χ0v) is 8.25. The standard InChI is InChI=1S/C11H12FNO/c1-11(2,7-13)8-14-10-6-4-3-5-9(10)12/h3-6H,8H2,1-2H3. The number of nitrogens with zero attached hydrogens (tertiary/aromatic N) is 1. The molecule has 0 heterocycles. The van der Waals surface area contributed by atoms with Crippen molar-refractivity contribution in [1.29, 1.82) is 5.26 Å². The molecule has 0 aromatic heterocycles. The Labute approximate surface area is 82.9 Å². The number of rotatable bonds is 3. The van der Waals surface area contributed by atoms with Crippen LogP contribution in [-0.4, -0.2) is 6.61 Å². The molecule has 1 aromatic rings. The largest absolute Gasteiger partial charge is 0.489 e. The van der Waals surface area contributed by atoms with Crippen molar-refractivity contribution in [1.82, 2.24) is 0 Å². The maximum Gasteiger partial charge on any atom is 0.165 e. The third-order valence-electron chi connectivity index (χ3n) is 1.73. The SMILES string of the molecule is CC(C)(C#N)COc1ccccc1F. The molecule has 14 heavy (non-hydrogen) atoms. The van der Waals surface area contributed by atoms with Gasteiger partial charge in [0, 0.05) is 0 Å². The molecule has 0 N–H and O–H groups in total. The molecule has 0 fully saturated rings. The predicted octanol–water partition coefficient (Wildman–Crippen LogP) is 2.75. The topological polar surface area (TPSA) is 33.0 Å². The number of ether oxygens (including phenoxy) is 1. The van der Waals surface area contributed by atoms with Crippen LogP contribution < -0.4 is 4.74 Å². The summed E-state index contributed by atoms with van der Waals surface area (Å²) in [4.78, 5) is 0. The molecule has 0 unspecified atom stereocenters. The van der Waals surface area contributed by atoms with Gasteiger partial charge in [-0.2, -0.15) is 5.26 Å². The molecule has 0 saturated carbocycles. The summed E-state index contributed by atoms with van der Waals surface area (Å²) in [5.74, 6) is -0.211. The van der Waals surface area contributed by atoms with Gasteiger partial charge in [-0.25, -0.2) is 4.39 Å². The molecule has 3 heteroatoms. The summed E-state index contributed by atoms with van der Waals surface area (Å²) in [6, 6.07) is 8.24. The van der Waals surface area contributed by atoms with Gasteiger partial charge < -0.3 is 4.74 Å². The molecule has 0 aliphatic carbocycles. The highest BCUT2D eigenvalue weighted by Crippen LogP contribution is 2.20. The zero-order valence-electron chi connectivity index (χ0n) is 8.25. The third kappa shape index (κ3) is 2.74. The van der Waals surface area contributed by atoms with Crippen LogP contribution in [0.3, 0.4) is 0 Å². The first-order chi connectivity index (χ1) is 6.55. The number of hydrogen-bond acceptors (Lipinski definition) is 2. The molecule has 1 rings (SSSR count). The lowest BCUT2D eigenvalue weighted by atomic mass is 9.98. The van der Waals surface area contributed by atoms with Crippen molar-refractivity contribution in [2.75, 3.05) is 6.61 Å². The molecule has 0 radical (unpaired) electrons. The maximum absolute atomic E-state index is 13.1. The van der Waals surface area contributed by atoms with E-state index < -0.39 is 11.2 Å². The quantitative estimate of drug-likeness (QED) is 0.739. The van der Waals surface area contributed by atoms with E-state index in [0.29, 0.717) is 0 Å². The Kier molecular flexibility index (Phi) is 3.08. The minimum absolute atomic E-state index is 0.185. The predicted molar refractivity (Wildman–Crippen MR) is 51.3 cm³/mol. The molecule has 0 spiro atoms. The van der Waals surface area contributed by atoms with Crippen LogP contribution in [0, 0.1) is 22.6 Å². The molecular formula is C11H12FNO. The molecule has 0 saturated heterocycles. The van der Waals surface area contributed by atoms with Gasteiger partial charge in [0.15, 0.2) is 11.6 Å². The van der Waals surface area contributed by atoms with Gasteiger partial charge in [-0.1, -0.05) is 12.1 Å². The first-order valence-electron chi connectivity index (χ1n) is 4.34. The Balaban J connectivity index is 2.64. The van der Waals surface area contributed by atoms with Gasteiger partial charge in [-0.05, 0) is 26.0 Å². The van der Waals surface area contributed by atoms with E-state index in [9.17, 15) is 4.39 Å². The Morgan fingerprint density at radius 1 is 1.43 bits per heavy atom. The van der Waals surface area contributed by atoms with Crippen LogP contribution in [0.4, 0.5) is 4.39 Å². The normalized spacial score (nSPS) is 10.7. The molecule has 2 nitrogen and oxygen atoms in total. The zero-order chi connectivity index (χ0) is 10.6. The minimum atomic E-state index is -0.595. The molecule has 0 amide bonds. The van der Waals surface area contributed by atoms with Crippen molar-refractivity contribution < 1.29 is 9.13 Å². The van der Waals surface area contributed by atoms with E-state index in [2.05, 4.69) is 6.07 Å². The van der Waals surface area contributed by atoms with E-state index in [4.69, 9.17) is 10.00 Å². The average Bonchev–Trinajstić information content (AvgIpc) is 2.17. The summed E-state index contributed by atoms with van der Waals surface area (Å²) >= 11 is 0. The second-order valence-electron chi connectivity index (χ2n) is 3.71. The van der Waals surface area contributed by atoms with Gasteiger partial charge in [0.25, 0.3) is 0 Å². The lowest BCUT2D eigenvalue weighted by Gasteiger charge is -2.16. The Hall–Kier alpha value is -1.56. The number of halogens is 1. The van der Waals surface area contributed by atoms with Crippen LogP contribution in [0.2, 0.25) is 0 Å². The summed E-state index contributed by atoms with van der Waals surface area (Å²) < 4.78 is 18.3. The lowest BCUT2D eigenvalue weighted by Crippen LogP contribution is -2.19. The van der Waals surface area contributed by atoms with Crippen LogP contribution in [0.15, 0.2) is 24.3 Å². The fourth-order valence-electron chi connectivity index (χ4n) is 0.852. The van der Waals surface area contributed by atoms with Gasteiger partial charge in [0.05, 0.1) is 11.5 Å². The Morgan fingerprint density at radius 3 is 2.64 bits per heavy atom. The second kappa shape index (κ2) is 4.10. The van der Waals surface area contributed by atoms with E-state index >= 15 is 0 Å². The molecule has 0 aliphatic heterocycles. The van der Waals surface area contributed by atoms with Gasteiger partial charge in [-0.15, -0.1) is 0 Å². The maximum atomic E-state index is 13.1. The van der Waals surface area contributed by atoms with Gasteiger partial charge in [0.1, 0.15) is 6.61 Å². The molecule has 1 aromatic carbocycles. The smallest absolute Gasteiger partial charge is 0.165 e. The number of nitriles is 1. The molecule has 74 valence electrons. The number of benzene rings is 1. The third-order valence-corrected chi connectivity index (χ3v) is 1.73. The van der Waals surface area contributed by atoms with Crippen LogP contribution >= 0.6 is 0 Å². The van der Waals surface area contributed by atoms with Crippen molar-refractivity contribution in [3.8, 4) is 11.8 Å². The van der Waals surface area contributed by atoms with Crippen LogP contribution in [0.25, 0.3) is 0 Å². The van der Waals surface area contributed by atoms with E-state index in [0.717, 1.165) is 0 Å². The fourth-order valence-corrected chi connectivity index (χ4v) is 0.852. The van der Waals surface area contributed by atoms with Crippen molar-refractivity contribution in [3.05, 3.63) is 30.1 Å². The highest BCUT2D eigenvalue weighted by Gasteiger charge is 2.18. The highest BCUT2D eigenvalue weighted by atomic mass is 19.1. The van der Waals surface area contributed by atoms with E-state index in [1.54, 1.807) is 32.0 Å². The lowest BCUT2D eigenvalue weighted by molar-refractivity contribution is 0.218. The van der Waals surface area contributed by atoms with Crippen molar-refractivity contribution >= 4 is 0 Å². The summed E-state index contributed by atoms with van der Waals surface area (Å²) in [5, 5.41) is 8.72. The van der Waals surface area contributed by atoms with Gasteiger partial charge >= 0.3 is 0 Å². The van der Waals surface area contributed by atoms with Gasteiger partial charge in [-0.3, -0.25) is 0 Å². The number of para-hydroxylation sites is 1. The summed E-state index contributed by atoms with van der Waals surface area (Å²) in [6.07, 6.45) is 0. The van der Waals surface area contributed by atoms with E-state index in [-0.39, 0.29) is 12.4 Å². The van der Waals surface area contributed by atoms with E-state index in [1.165, 1.54) is 6.07 Å². The molecule has 0 bridgehead atoms. The minimum Gasteiger partial charge on any atom is -0.489 e. The summed E-state index contributed by atoms with van der Waals surface area (Å²) in [5.41, 5.74) is -0.595. The Bertz CT molecular complexity index is 355. The van der Waals surface area contributed by atoms with Gasteiger partial charge in [0.2, 0.25) is 0 Å². The molecular weight excluding hydrogens is 181 g/mol. The summed E-state index contributed by atoms with van der Waals surface area (Å²) in [6.45, 7) is 3.67. The van der Waals surface area contributed by atoms with Crippen LogP contribution in [0.5, 0.6) is 5.75 Å². The van der Waals surface area contributed by atoms with E-state index in [1.807, 2.05) is 0 Å². The fraction of sp³-hybridized carbons (Fsp3) is 0.364. The average molecular weight is 193 g/mol. The first-order valence-corrected chi connectivity index (χ1v) is 4.34. The van der Waals surface area contributed by atoms with Crippen molar-refractivity contribution in [2.45, 2.75) is 13.8 Å². The Morgan fingerprint density at radius 2 is 2.07 bits per heavy atom. The van der Waals surface area contributed by atoms with Crippen LogP contribution in [-0.2, 0) is 0 Å². The van der Waals surface area contributed by atoms with Crippen LogP contribution in [0.1, 0.15) is 13.8 Å².